The number of benzene rings is 3. The van der Waals surface area contributed by atoms with Crippen LogP contribution in [0.15, 0.2) is 70.5 Å². The number of hydrogen-bond donors (Lipinski definition) is 2. The molecule has 3 nitrogen and oxygen atoms in total. The minimum absolute atomic E-state index is 0.402. The Kier molecular flexibility index (Phi) is 5.26. The van der Waals surface area contributed by atoms with E-state index in [2.05, 4.69) is 12.6 Å². The highest BCUT2D eigenvalue weighted by molar-refractivity contribution is 7.89. The molecular weight excluding hydrogens is 414 g/mol. The first-order valence-corrected chi connectivity index (χ1v) is 9.79. The Morgan fingerprint density at radius 2 is 1.36 bits per heavy atom. The van der Waals surface area contributed by atoms with Crippen LogP contribution in [0.4, 0.5) is 17.6 Å². The summed E-state index contributed by atoms with van der Waals surface area (Å²) in [5, 5.41) is 4.94. The van der Waals surface area contributed by atoms with Gasteiger partial charge in [-0.1, -0.05) is 30.3 Å². The fourth-order valence-corrected chi connectivity index (χ4v) is 3.64. The van der Waals surface area contributed by atoms with Gasteiger partial charge >= 0.3 is 6.18 Å². The number of sulfonamides is 1. The molecule has 2 N–H and O–H groups in total. The number of nitrogens with two attached hydrogens (primary N) is 1. The molecule has 9 heteroatoms. The quantitative estimate of drug-likeness (QED) is 0.451. The van der Waals surface area contributed by atoms with Crippen LogP contribution in [0.2, 0.25) is 0 Å². The lowest BCUT2D eigenvalue weighted by Crippen LogP contribution is -2.13. The van der Waals surface area contributed by atoms with E-state index in [9.17, 15) is 26.0 Å². The molecule has 3 aromatic carbocycles. The Balaban J connectivity index is 1.96. The third-order valence-electron chi connectivity index (χ3n) is 4.09. The molecule has 0 aromatic heterocycles. The van der Waals surface area contributed by atoms with Crippen LogP contribution in [-0.4, -0.2) is 8.42 Å². The van der Waals surface area contributed by atoms with Crippen LogP contribution in [0.25, 0.3) is 22.3 Å². The normalized spacial score (nSPS) is 12.2. The predicted molar refractivity (Wildman–Crippen MR) is 101 cm³/mol. The van der Waals surface area contributed by atoms with Crippen molar-refractivity contribution >= 4 is 22.7 Å². The van der Waals surface area contributed by atoms with Crippen molar-refractivity contribution in [2.24, 2.45) is 5.14 Å². The highest BCUT2D eigenvalue weighted by Crippen LogP contribution is 2.34. The third-order valence-corrected chi connectivity index (χ3v) is 5.41. The molecule has 0 saturated carbocycles. The van der Waals surface area contributed by atoms with Crippen molar-refractivity contribution in [3.63, 3.8) is 0 Å². The molecule has 146 valence electrons. The zero-order valence-electron chi connectivity index (χ0n) is 14.0. The van der Waals surface area contributed by atoms with Gasteiger partial charge in [-0.05, 0) is 52.6 Å². The van der Waals surface area contributed by atoms with Gasteiger partial charge in [0.25, 0.3) is 0 Å². The molecule has 0 aliphatic heterocycles. The molecule has 0 heterocycles. The van der Waals surface area contributed by atoms with E-state index in [1.807, 2.05) is 0 Å². The van der Waals surface area contributed by atoms with Crippen molar-refractivity contribution in [2.75, 3.05) is 0 Å². The molecule has 0 spiro atoms. The highest BCUT2D eigenvalue weighted by Gasteiger charge is 2.30. The average Bonchev–Trinajstić information content (AvgIpc) is 2.60. The molecule has 0 unspecified atom stereocenters. The van der Waals surface area contributed by atoms with Crippen LogP contribution in [0, 0.1) is 5.82 Å². The zero-order chi connectivity index (χ0) is 20.7. The standard InChI is InChI=1S/C19H13F4NO2S2/c20-16-9-12(4-8-18(16)28(24,25)26)13-3-7-15(17(27)10-13)11-1-5-14(6-2-11)19(21,22)23/h1-10,27H,(H2,24,25,26). The Hall–Kier alpha value is -2.36. The average molecular weight is 427 g/mol. The van der Waals surface area contributed by atoms with E-state index in [0.29, 0.717) is 27.1 Å². The lowest BCUT2D eigenvalue weighted by atomic mass is 9.99. The maximum Gasteiger partial charge on any atom is 0.416 e. The summed E-state index contributed by atoms with van der Waals surface area (Å²) in [6.45, 7) is 0. The van der Waals surface area contributed by atoms with Gasteiger partial charge in [0, 0.05) is 4.90 Å². The van der Waals surface area contributed by atoms with Gasteiger partial charge in [-0.3, -0.25) is 0 Å². The van der Waals surface area contributed by atoms with Crippen LogP contribution in [-0.2, 0) is 16.2 Å². The van der Waals surface area contributed by atoms with E-state index >= 15 is 0 Å². The molecule has 0 fully saturated rings. The molecule has 0 aliphatic carbocycles. The van der Waals surface area contributed by atoms with E-state index < -0.39 is 32.5 Å². The minimum Gasteiger partial charge on any atom is -0.225 e. The Morgan fingerprint density at radius 3 is 1.86 bits per heavy atom. The summed E-state index contributed by atoms with van der Waals surface area (Å²) in [7, 11) is -4.17. The number of hydrogen-bond acceptors (Lipinski definition) is 3. The molecule has 0 amide bonds. The fourth-order valence-electron chi connectivity index (χ4n) is 2.71. The van der Waals surface area contributed by atoms with Crippen molar-refractivity contribution in [3.8, 4) is 22.3 Å². The van der Waals surface area contributed by atoms with E-state index in [1.165, 1.54) is 18.2 Å². The second-order valence-corrected chi connectivity index (χ2v) is 8.01. The molecule has 28 heavy (non-hydrogen) atoms. The van der Waals surface area contributed by atoms with Crippen molar-refractivity contribution in [1.82, 2.24) is 0 Å². The molecule has 3 rings (SSSR count). The van der Waals surface area contributed by atoms with Crippen LogP contribution >= 0.6 is 12.6 Å². The summed E-state index contributed by atoms with van der Waals surface area (Å²) in [5.74, 6) is -0.979. The third kappa shape index (κ3) is 4.21. The number of thiol groups is 1. The Bertz CT molecular complexity index is 1140. The van der Waals surface area contributed by atoms with E-state index in [4.69, 9.17) is 5.14 Å². The van der Waals surface area contributed by atoms with Crippen molar-refractivity contribution < 1.29 is 26.0 Å². The monoisotopic (exact) mass is 427 g/mol. The smallest absolute Gasteiger partial charge is 0.225 e. The summed E-state index contributed by atoms with van der Waals surface area (Å²) in [6.07, 6.45) is -4.42. The lowest BCUT2D eigenvalue weighted by molar-refractivity contribution is -0.137. The van der Waals surface area contributed by atoms with Gasteiger partial charge in [-0.2, -0.15) is 13.2 Å². The summed E-state index contributed by atoms with van der Waals surface area (Å²) in [6, 6.07) is 13.1. The minimum atomic E-state index is -4.42. The van der Waals surface area contributed by atoms with Crippen LogP contribution < -0.4 is 5.14 Å². The SMILES string of the molecule is NS(=O)(=O)c1ccc(-c2ccc(-c3ccc(C(F)(F)F)cc3)c(S)c2)cc1F. The maximum atomic E-state index is 14.0. The number of halogens is 4. The van der Waals surface area contributed by atoms with Gasteiger partial charge in [0.1, 0.15) is 10.7 Å². The Morgan fingerprint density at radius 1 is 0.821 bits per heavy atom. The van der Waals surface area contributed by atoms with Gasteiger partial charge < -0.3 is 0 Å². The fraction of sp³-hybridized carbons (Fsp3) is 0.0526. The van der Waals surface area contributed by atoms with Gasteiger partial charge in [0.05, 0.1) is 5.56 Å². The summed E-state index contributed by atoms with van der Waals surface area (Å²) >= 11 is 4.37. The Labute approximate surface area is 164 Å². The number of primary sulfonamides is 1. The number of rotatable bonds is 3. The first kappa shape index (κ1) is 20.4. The van der Waals surface area contributed by atoms with Crippen molar-refractivity contribution in [3.05, 3.63) is 72.0 Å². The molecule has 3 aromatic rings. The molecular formula is C19H13F4NO2S2. The van der Waals surface area contributed by atoms with E-state index in [1.54, 1.807) is 18.2 Å². The highest BCUT2D eigenvalue weighted by atomic mass is 32.2. The number of alkyl halides is 3. The largest absolute Gasteiger partial charge is 0.416 e. The zero-order valence-corrected chi connectivity index (χ0v) is 15.7. The predicted octanol–water partition coefficient (Wildman–Crippen LogP) is 5.11. The van der Waals surface area contributed by atoms with Gasteiger partial charge in [-0.15, -0.1) is 12.6 Å². The molecule has 0 radical (unpaired) electrons. The maximum absolute atomic E-state index is 14.0. The van der Waals surface area contributed by atoms with Gasteiger partial charge in [-0.25, -0.2) is 17.9 Å². The summed E-state index contributed by atoms with van der Waals surface area (Å²) in [4.78, 5) is -0.142. The second kappa shape index (κ2) is 7.23. The molecule has 0 bridgehead atoms. The van der Waals surface area contributed by atoms with Gasteiger partial charge in [0.2, 0.25) is 10.0 Å². The van der Waals surface area contributed by atoms with Crippen LogP contribution in [0.1, 0.15) is 5.56 Å². The van der Waals surface area contributed by atoms with Crippen LogP contribution in [0.3, 0.4) is 0 Å². The molecule has 0 saturated heterocycles. The van der Waals surface area contributed by atoms with Crippen molar-refractivity contribution in [1.29, 1.82) is 0 Å². The topological polar surface area (TPSA) is 60.2 Å². The van der Waals surface area contributed by atoms with Gasteiger partial charge in [0.15, 0.2) is 0 Å². The first-order chi connectivity index (χ1) is 13.0. The van der Waals surface area contributed by atoms with Crippen molar-refractivity contribution in [2.45, 2.75) is 16.0 Å². The lowest BCUT2D eigenvalue weighted by Gasteiger charge is -2.11. The summed E-state index contributed by atoms with van der Waals surface area (Å²) in [5.41, 5.74) is 1.35. The first-order valence-electron chi connectivity index (χ1n) is 7.80. The molecule has 0 atom stereocenters. The van der Waals surface area contributed by atoms with E-state index in [-0.39, 0.29) is 0 Å². The van der Waals surface area contributed by atoms with Crippen LogP contribution in [0.5, 0.6) is 0 Å². The summed E-state index contributed by atoms with van der Waals surface area (Å²) < 4.78 is 74.7. The molecule has 0 aliphatic rings. The van der Waals surface area contributed by atoms with E-state index in [0.717, 1.165) is 24.3 Å². The second-order valence-electron chi connectivity index (χ2n) is 6.00.